The zero-order chi connectivity index (χ0) is 24.0. The van der Waals surface area contributed by atoms with E-state index in [1.165, 1.54) is 16.7 Å². The Hall–Kier alpha value is -2.53. The molecule has 5 nitrogen and oxygen atoms in total. The van der Waals surface area contributed by atoms with Gasteiger partial charge in [-0.1, -0.05) is 52.0 Å². The standard InChI is InChI=1S/C29H38N2O3/c1-18(2)20-7-6-8-21(13-20)23-14-22-16-29(3,4)27(24(22)15-25(23)33-5)30-28(32)34-26-17-31-11-9-19(26)10-12-31/h6-8,13-15,18-19,26-27H,9-12,16-17H2,1-5H3,(H,30,32)/t26-,27?/m0/s1. The second-order valence-electron chi connectivity index (χ2n) is 11.4. The second-order valence-corrected chi connectivity index (χ2v) is 11.4. The Bertz CT molecular complexity index is 1070. The fourth-order valence-electron chi connectivity index (χ4n) is 6.14. The van der Waals surface area contributed by atoms with E-state index in [0.29, 0.717) is 11.8 Å². The van der Waals surface area contributed by atoms with E-state index in [0.717, 1.165) is 55.8 Å². The summed E-state index contributed by atoms with van der Waals surface area (Å²) >= 11 is 0. The van der Waals surface area contributed by atoms with Crippen molar-refractivity contribution in [3.63, 3.8) is 0 Å². The lowest BCUT2D eigenvalue weighted by Gasteiger charge is -2.44. The highest BCUT2D eigenvalue weighted by atomic mass is 16.6. The molecule has 3 heterocycles. The summed E-state index contributed by atoms with van der Waals surface area (Å²) < 4.78 is 11.8. The molecular formula is C29H38N2O3. The topological polar surface area (TPSA) is 50.8 Å². The molecule has 3 fully saturated rings. The Balaban J connectivity index is 1.40. The Kier molecular flexibility index (Phi) is 6.09. The molecule has 2 aromatic rings. The van der Waals surface area contributed by atoms with Crippen LogP contribution in [0.1, 0.15) is 69.2 Å². The van der Waals surface area contributed by atoms with Gasteiger partial charge in [-0.05, 0) is 84.0 Å². The molecule has 1 aliphatic carbocycles. The van der Waals surface area contributed by atoms with Crippen molar-refractivity contribution in [2.24, 2.45) is 11.3 Å². The van der Waals surface area contributed by atoms with Gasteiger partial charge in [-0.2, -0.15) is 0 Å². The number of benzene rings is 2. The molecule has 1 amide bonds. The van der Waals surface area contributed by atoms with Crippen molar-refractivity contribution in [3.05, 3.63) is 53.1 Å². The van der Waals surface area contributed by atoms with Crippen molar-refractivity contribution < 1.29 is 14.3 Å². The second kappa shape index (κ2) is 8.92. The average molecular weight is 463 g/mol. The highest BCUT2D eigenvalue weighted by Crippen LogP contribution is 2.49. The smallest absolute Gasteiger partial charge is 0.407 e. The van der Waals surface area contributed by atoms with Crippen LogP contribution in [0.3, 0.4) is 0 Å². The van der Waals surface area contributed by atoms with Crippen LogP contribution in [0, 0.1) is 11.3 Å². The van der Waals surface area contributed by atoms with E-state index in [-0.39, 0.29) is 23.7 Å². The Morgan fingerprint density at radius 1 is 1.15 bits per heavy atom. The summed E-state index contributed by atoms with van der Waals surface area (Å²) in [6.45, 7) is 12.0. The number of amides is 1. The van der Waals surface area contributed by atoms with Crippen LogP contribution in [-0.4, -0.2) is 43.8 Å². The van der Waals surface area contributed by atoms with E-state index in [1.807, 2.05) is 0 Å². The number of rotatable bonds is 5. The molecule has 3 saturated heterocycles. The van der Waals surface area contributed by atoms with Crippen LogP contribution in [0.2, 0.25) is 0 Å². The Morgan fingerprint density at radius 3 is 2.56 bits per heavy atom. The molecule has 0 spiro atoms. The highest BCUT2D eigenvalue weighted by molar-refractivity contribution is 5.74. The van der Waals surface area contributed by atoms with E-state index < -0.39 is 0 Å². The zero-order valence-corrected chi connectivity index (χ0v) is 21.2. The van der Waals surface area contributed by atoms with Crippen molar-refractivity contribution in [1.29, 1.82) is 0 Å². The largest absolute Gasteiger partial charge is 0.496 e. The van der Waals surface area contributed by atoms with Crippen LogP contribution in [0.15, 0.2) is 36.4 Å². The fourth-order valence-corrected chi connectivity index (χ4v) is 6.14. The summed E-state index contributed by atoms with van der Waals surface area (Å²) in [6, 6.07) is 13.0. The molecule has 2 bridgehead atoms. The first-order chi connectivity index (χ1) is 16.2. The van der Waals surface area contributed by atoms with Crippen molar-refractivity contribution in [2.45, 2.75) is 65.0 Å². The minimum atomic E-state index is -0.294. The summed E-state index contributed by atoms with van der Waals surface area (Å²) in [7, 11) is 1.72. The third kappa shape index (κ3) is 4.31. The molecule has 0 aromatic heterocycles. The van der Waals surface area contributed by atoms with Crippen molar-refractivity contribution in [3.8, 4) is 16.9 Å². The van der Waals surface area contributed by atoms with Gasteiger partial charge in [0, 0.05) is 12.1 Å². The molecule has 6 rings (SSSR count). The number of piperidine rings is 3. The zero-order valence-electron chi connectivity index (χ0n) is 21.2. The molecule has 5 heteroatoms. The summed E-state index contributed by atoms with van der Waals surface area (Å²) in [5.41, 5.74) is 5.88. The monoisotopic (exact) mass is 462 g/mol. The molecule has 1 N–H and O–H groups in total. The Labute approximate surface area is 203 Å². The van der Waals surface area contributed by atoms with Crippen LogP contribution in [0.4, 0.5) is 4.79 Å². The number of hydrogen-bond donors (Lipinski definition) is 1. The maximum absolute atomic E-state index is 13.0. The summed E-state index contributed by atoms with van der Waals surface area (Å²) in [6.07, 6.45) is 2.88. The molecule has 0 radical (unpaired) electrons. The van der Waals surface area contributed by atoms with Crippen molar-refractivity contribution in [2.75, 3.05) is 26.7 Å². The van der Waals surface area contributed by atoms with Gasteiger partial charge >= 0.3 is 6.09 Å². The Morgan fingerprint density at radius 2 is 1.91 bits per heavy atom. The van der Waals surface area contributed by atoms with Crippen molar-refractivity contribution >= 4 is 6.09 Å². The molecule has 34 heavy (non-hydrogen) atoms. The normalized spacial score (nSPS) is 26.9. The molecule has 0 saturated carbocycles. The van der Waals surface area contributed by atoms with Gasteiger partial charge in [0.2, 0.25) is 0 Å². The lowest BCUT2D eigenvalue weighted by molar-refractivity contribution is -0.0349. The van der Waals surface area contributed by atoms with E-state index in [9.17, 15) is 4.79 Å². The predicted molar refractivity (Wildman–Crippen MR) is 135 cm³/mol. The number of alkyl carbamates (subject to hydrolysis) is 1. The van der Waals surface area contributed by atoms with Gasteiger partial charge in [0.25, 0.3) is 0 Å². The highest BCUT2D eigenvalue weighted by Gasteiger charge is 2.42. The summed E-state index contributed by atoms with van der Waals surface area (Å²) in [4.78, 5) is 15.4. The average Bonchev–Trinajstić information content (AvgIpc) is 3.07. The van der Waals surface area contributed by atoms with Gasteiger partial charge in [0.15, 0.2) is 0 Å². The number of fused-ring (bicyclic) bond motifs is 4. The third-order valence-electron chi connectivity index (χ3n) is 8.18. The van der Waals surface area contributed by atoms with E-state index in [4.69, 9.17) is 9.47 Å². The first-order valence-corrected chi connectivity index (χ1v) is 12.8. The number of carbonyl (C=O) groups is 1. The van der Waals surface area contributed by atoms with Crippen LogP contribution in [0.5, 0.6) is 5.75 Å². The molecular weight excluding hydrogens is 424 g/mol. The lowest BCUT2D eigenvalue weighted by Crippen LogP contribution is -2.53. The number of ether oxygens (including phenoxy) is 2. The van der Waals surface area contributed by atoms with Crippen LogP contribution in [0.25, 0.3) is 11.1 Å². The van der Waals surface area contributed by atoms with Gasteiger partial charge in [-0.25, -0.2) is 4.79 Å². The van der Waals surface area contributed by atoms with Crippen LogP contribution in [-0.2, 0) is 11.2 Å². The van der Waals surface area contributed by atoms with Gasteiger partial charge in [-0.3, -0.25) is 4.90 Å². The molecule has 2 atom stereocenters. The van der Waals surface area contributed by atoms with Gasteiger partial charge in [0.1, 0.15) is 11.9 Å². The number of nitrogens with one attached hydrogen (secondary N) is 1. The SMILES string of the molecule is COc1cc2c(cc1-c1cccc(C(C)C)c1)CC(C)(C)C2NC(=O)O[C@H]1CN2CCC1CC2. The molecule has 1 unspecified atom stereocenters. The maximum Gasteiger partial charge on any atom is 0.407 e. The van der Waals surface area contributed by atoms with E-state index in [1.54, 1.807) is 7.11 Å². The number of nitrogens with zero attached hydrogens (tertiary/aromatic N) is 1. The quantitative estimate of drug-likeness (QED) is 0.598. The molecule has 4 aliphatic rings. The number of carbonyl (C=O) groups excluding carboxylic acids is 1. The minimum absolute atomic E-state index is 0.0108. The van der Waals surface area contributed by atoms with Gasteiger partial charge in [0.05, 0.1) is 13.2 Å². The van der Waals surface area contributed by atoms with Gasteiger partial charge in [-0.15, -0.1) is 0 Å². The molecule has 2 aromatic carbocycles. The fraction of sp³-hybridized carbons (Fsp3) is 0.552. The molecule has 3 aliphatic heterocycles. The maximum atomic E-state index is 13.0. The van der Waals surface area contributed by atoms with E-state index in [2.05, 4.69) is 74.3 Å². The third-order valence-corrected chi connectivity index (χ3v) is 8.18. The van der Waals surface area contributed by atoms with Gasteiger partial charge < -0.3 is 14.8 Å². The number of methoxy groups -OCH3 is 1. The lowest BCUT2D eigenvalue weighted by atomic mass is 9.85. The first-order valence-electron chi connectivity index (χ1n) is 12.8. The van der Waals surface area contributed by atoms with Crippen LogP contribution < -0.4 is 10.1 Å². The first kappa shape index (κ1) is 23.2. The summed E-state index contributed by atoms with van der Waals surface area (Å²) in [5.74, 6) is 1.81. The summed E-state index contributed by atoms with van der Waals surface area (Å²) in [5, 5.41) is 3.23. The number of hydrogen-bond acceptors (Lipinski definition) is 4. The van der Waals surface area contributed by atoms with Crippen LogP contribution >= 0.6 is 0 Å². The predicted octanol–water partition coefficient (Wildman–Crippen LogP) is 5.93. The molecule has 182 valence electrons. The van der Waals surface area contributed by atoms with Crippen molar-refractivity contribution in [1.82, 2.24) is 10.2 Å². The minimum Gasteiger partial charge on any atom is -0.496 e. The van der Waals surface area contributed by atoms with E-state index >= 15 is 0 Å².